The van der Waals surface area contributed by atoms with E-state index in [1.165, 1.54) is 45.6 Å². The first-order valence-electron chi connectivity index (χ1n) is 7.33. The molecule has 0 bridgehead atoms. The predicted octanol–water partition coefficient (Wildman–Crippen LogP) is 1.99. The van der Waals surface area contributed by atoms with Crippen LogP contribution in [0.3, 0.4) is 0 Å². The number of carbonyl (C=O) groups is 4. The van der Waals surface area contributed by atoms with Crippen molar-refractivity contribution >= 4 is 34.6 Å². The molecule has 2 aromatic carbocycles. The van der Waals surface area contributed by atoms with E-state index in [2.05, 4.69) is 4.74 Å². The van der Waals surface area contributed by atoms with Crippen LogP contribution in [0, 0.1) is 0 Å². The van der Waals surface area contributed by atoms with Gasteiger partial charge >= 0.3 is 23.9 Å². The van der Waals surface area contributed by atoms with E-state index in [4.69, 9.17) is 14.2 Å². The minimum atomic E-state index is -0.798. The van der Waals surface area contributed by atoms with Crippen LogP contribution in [0.4, 0.5) is 0 Å². The van der Waals surface area contributed by atoms with Crippen LogP contribution in [-0.2, 0) is 18.9 Å². The van der Waals surface area contributed by atoms with Crippen molar-refractivity contribution in [1.29, 1.82) is 0 Å². The van der Waals surface area contributed by atoms with Crippen molar-refractivity contribution in [2.24, 2.45) is 0 Å². The largest absolute Gasteiger partial charge is 0.465 e. The van der Waals surface area contributed by atoms with E-state index in [9.17, 15) is 19.2 Å². The van der Waals surface area contributed by atoms with Gasteiger partial charge in [0.05, 0.1) is 50.7 Å². The number of methoxy groups -OCH3 is 4. The molecule has 0 radical (unpaired) electrons. The quantitative estimate of drug-likeness (QED) is 0.602. The smallest absolute Gasteiger partial charge is 0.338 e. The maximum absolute atomic E-state index is 12.3. The standard InChI is InChI=1S/C18H16O8/c1-23-15(19)9-7-12-10(16(20)24-2)5-6-11(17(21)25-3)14(12)13(8-9)18(22)26-4/h5-8H,1-4H3. The highest BCUT2D eigenvalue weighted by Gasteiger charge is 2.25. The summed E-state index contributed by atoms with van der Waals surface area (Å²) in [5, 5.41) is 0.266. The zero-order chi connectivity index (χ0) is 19.4. The number of fused-ring (bicyclic) bond motifs is 1. The molecule has 0 aliphatic carbocycles. The van der Waals surface area contributed by atoms with Gasteiger partial charge < -0.3 is 18.9 Å². The minimum Gasteiger partial charge on any atom is -0.465 e. The molecule has 136 valence electrons. The summed E-state index contributed by atoms with van der Waals surface area (Å²) in [6.07, 6.45) is 0. The van der Waals surface area contributed by atoms with Crippen molar-refractivity contribution in [1.82, 2.24) is 0 Å². The maximum atomic E-state index is 12.3. The Morgan fingerprint density at radius 1 is 0.615 bits per heavy atom. The molecule has 2 rings (SSSR count). The molecule has 8 nitrogen and oxygen atoms in total. The van der Waals surface area contributed by atoms with E-state index in [1.54, 1.807) is 0 Å². The molecule has 0 N–H and O–H groups in total. The molecule has 0 atom stereocenters. The van der Waals surface area contributed by atoms with Gasteiger partial charge in [-0.2, -0.15) is 0 Å². The summed E-state index contributed by atoms with van der Waals surface area (Å²) in [7, 11) is 4.70. The molecule has 0 unspecified atom stereocenters. The summed E-state index contributed by atoms with van der Waals surface area (Å²) in [6.45, 7) is 0. The van der Waals surface area contributed by atoms with Crippen LogP contribution < -0.4 is 0 Å². The van der Waals surface area contributed by atoms with E-state index in [-0.39, 0.29) is 33.0 Å². The van der Waals surface area contributed by atoms with E-state index < -0.39 is 23.9 Å². The van der Waals surface area contributed by atoms with Gasteiger partial charge in [0.15, 0.2) is 0 Å². The Kier molecular flexibility index (Phi) is 5.56. The number of rotatable bonds is 4. The molecule has 0 aromatic heterocycles. The molecule has 0 aliphatic rings. The lowest BCUT2D eigenvalue weighted by Crippen LogP contribution is -2.13. The summed E-state index contributed by atoms with van der Waals surface area (Å²) in [5.74, 6) is -2.95. The topological polar surface area (TPSA) is 105 Å². The lowest BCUT2D eigenvalue weighted by atomic mass is 9.93. The van der Waals surface area contributed by atoms with Gasteiger partial charge in [-0.3, -0.25) is 0 Å². The van der Waals surface area contributed by atoms with Gasteiger partial charge in [0.2, 0.25) is 0 Å². The summed E-state index contributed by atoms with van der Waals surface area (Å²) in [5.41, 5.74) is 0.0159. The van der Waals surface area contributed by atoms with Crippen LogP contribution in [0.2, 0.25) is 0 Å². The van der Waals surface area contributed by atoms with Crippen LogP contribution in [0.15, 0.2) is 24.3 Å². The Labute approximate surface area is 148 Å². The zero-order valence-corrected chi connectivity index (χ0v) is 14.6. The van der Waals surface area contributed by atoms with Gasteiger partial charge in [0.1, 0.15) is 0 Å². The molecular weight excluding hydrogens is 344 g/mol. The Bertz CT molecular complexity index is 913. The van der Waals surface area contributed by atoms with Crippen molar-refractivity contribution in [3.05, 3.63) is 46.5 Å². The second kappa shape index (κ2) is 7.64. The minimum absolute atomic E-state index is 0.00701. The van der Waals surface area contributed by atoms with Gasteiger partial charge in [-0.05, 0) is 29.7 Å². The monoisotopic (exact) mass is 360 g/mol. The van der Waals surface area contributed by atoms with Gasteiger partial charge in [-0.1, -0.05) is 0 Å². The van der Waals surface area contributed by atoms with Crippen molar-refractivity contribution in [3.63, 3.8) is 0 Å². The highest BCUT2D eigenvalue weighted by Crippen LogP contribution is 2.30. The predicted molar refractivity (Wildman–Crippen MR) is 89.3 cm³/mol. The molecule has 0 aliphatic heterocycles. The van der Waals surface area contributed by atoms with Crippen molar-refractivity contribution in [3.8, 4) is 0 Å². The molecule has 26 heavy (non-hydrogen) atoms. The molecule has 8 heteroatoms. The Morgan fingerprint density at radius 3 is 1.62 bits per heavy atom. The van der Waals surface area contributed by atoms with Gasteiger partial charge in [-0.25, -0.2) is 19.2 Å². The first-order valence-corrected chi connectivity index (χ1v) is 7.33. The van der Waals surface area contributed by atoms with E-state index in [1.807, 2.05) is 0 Å². The molecule has 0 spiro atoms. The Hall–Kier alpha value is -3.42. The van der Waals surface area contributed by atoms with Crippen LogP contribution in [-0.4, -0.2) is 52.3 Å². The lowest BCUT2D eigenvalue weighted by molar-refractivity contribution is 0.0585. The van der Waals surface area contributed by atoms with E-state index in [0.29, 0.717) is 0 Å². The number of esters is 4. The van der Waals surface area contributed by atoms with Gasteiger partial charge in [0, 0.05) is 5.39 Å². The molecule has 2 aromatic rings. The van der Waals surface area contributed by atoms with Gasteiger partial charge in [-0.15, -0.1) is 0 Å². The third-order valence-corrected chi connectivity index (χ3v) is 3.75. The number of benzene rings is 2. The SMILES string of the molecule is COC(=O)c1cc(C(=O)OC)c2c(C(=O)OC)ccc(C(=O)OC)c2c1. The molecule has 0 heterocycles. The van der Waals surface area contributed by atoms with Crippen molar-refractivity contribution in [2.75, 3.05) is 28.4 Å². The highest BCUT2D eigenvalue weighted by molar-refractivity contribution is 6.19. The molecule has 0 saturated carbocycles. The first kappa shape index (κ1) is 18.9. The second-order valence-electron chi connectivity index (χ2n) is 5.07. The summed E-state index contributed by atoms with van der Waals surface area (Å²) in [4.78, 5) is 48.5. The number of ether oxygens (including phenoxy) is 4. The third kappa shape index (κ3) is 3.21. The normalized spacial score (nSPS) is 10.2. The van der Waals surface area contributed by atoms with E-state index >= 15 is 0 Å². The van der Waals surface area contributed by atoms with Crippen molar-refractivity contribution in [2.45, 2.75) is 0 Å². The van der Waals surface area contributed by atoms with Crippen molar-refractivity contribution < 1.29 is 38.1 Å². The fraction of sp³-hybridized carbons (Fsp3) is 0.222. The third-order valence-electron chi connectivity index (χ3n) is 3.75. The molecular formula is C18H16O8. The summed E-state index contributed by atoms with van der Waals surface area (Å²) >= 11 is 0. The van der Waals surface area contributed by atoms with E-state index in [0.717, 1.165) is 7.11 Å². The fourth-order valence-electron chi connectivity index (χ4n) is 2.56. The maximum Gasteiger partial charge on any atom is 0.338 e. The molecule has 0 fully saturated rings. The Balaban J connectivity index is 3.03. The number of hydrogen-bond acceptors (Lipinski definition) is 8. The highest BCUT2D eigenvalue weighted by atomic mass is 16.5. The average Bonchev–Trinajstić information content (AvgIpc) is 2.69. The fourth-order valence-corrected chi connectivity index (χ4v) is 2.56. The first-order chi connectivity index (χ1) is 12.4. The second-order valence-corrected chi connectivity index (χ2v) is 5.07. The number of hydrogen-bond donors (Lipinski definition) is 0. The molecule has 0 saturated heterocycles. The lowest BCUT2D eigenvalue weighted by Gasteiger charge is -2.14. The summed E-state index contributed by atoms with van der Waals surface area (Å²) in [6, 6.07) is 5.26. The van der Waals surface area contributed by atoms with Crippen LogP contribution >= 0.6 is 0 Å². The molecule has 0 amide bonds. The Morgan fingerprint density at radius 2 is 1.08 bits per heavy atom. The van der Waals surface area contributed by atoms with Crippen LogP contribution in [0.25, 0.3) is 10.8 Å². The zero-order valence-electron chi connectivity index (χ0n) is 14.6. The average molecular weight is 360 g/mol. The number of carbonyl (C=O) groups excluding carboxylic acids is 4. The van der Waals surface area contributed by atoms with Crippen LogP contribution in [0.5, 0.6) is 0 Å². The summed E-state index contributed by atoms with van der Waals surface area (Å²) < 4.78 is 18.9. The van der Waals surface area contributed by atoms with Gasteiger partial charge in [0.25, 0.3) is 0 Å². The van der Waals surface area contributed by atoms with Crippen LogP contribution in [0.1, 0.15) is 41.4 Å².